The van der Waals surface area contributed by atoms with E-state index in [1.54, 1.807) is 55.8 Å². The third-order valence-electron chi connectivity index (χ3n) is 6.65. The molecule has 0 aliphatic carbocycles. The molecule has 0 aliphatic rings. The summed E-state index contributed by atoms with van der Waals surface area (Å²) in [7, 11) is 6.30. The molecule has 0 unspecified atom stereocenters. The SMILES string of the molecule is CCCCN(CC(=O)N(CCc1ccc(OC)c(OC)c1)Cc1ccc(C)s1)C(=O)c1ccc(OC)cc1OC. The summed E-state index contributed by atoms with van der Waals surface area (Å²) in [6, 6.07) is 15.0. The topological polar surface area (TPSA) is 77.5 Å². The van der Waals surface area contributed by atoms with E-state index in [-0.39, 0.29) is 18.4 Å². The number of carbonyl (C=O) groups is 2. The number of methoxy groups -OCH3 is 4. The maximum atomic E-state index is 13.8. The van der Waals surface area contributed by atoms with Crippen LogP contribution in [0.15, 0.2) is 48.5 Å². The zero-order valence-corrected chi connectivity index (χ0v) is 25.1. The molecular weight excluding hydrogens is 528 g/mol. The van der Waals surface area contributed by atoms with Crippen molar-refractivity contribution >= 4 is 23.2 Å². The van der Waals surface area contributed by atoms with E-state index in [0.29, 0.717) is 54.6 Å². The smallest absolute Gasteiger partial charge is 0.258 e. The van der Waals surface area contributed by atoms with E-state index in [1.165, 1.54) is 12.0 Å². The fraction of sp³-hybridized carbons (Fsp3) is 0.419. The van der Waals surface area contributed by atoms with Crippen molar-refractivity contribution in [3.05, 3.63) is 69.4 Å². The van der Waals surface area contributed by atoms with E-state index in [4.69, 9.17) is 18.9 Å². The molecule has 1 aromatic heterocycles. The largest absolute Gasteiger partial charge is 0.497 e. The third-order valence-corrected chi connectivity index (χ3v) is 7.63. The second-order valence-electron chi connectivity index (χ2n) is 9.41. The molecule has 2 aromatic carbocycles. The van der Waals surface area contributed by atoms with Crippen LogP contribution in [-0.2, 0) is 17.8 Å². The summed E-state index contributed by atoms with van der Waals surface area (Å²) >= 11 is 1.67. The van der Waals surface area contributed by atoms with Crippen molar-refractivity contribution in [1.29, 1.82) is 0 Å². The number of benzene rings is 2. The molecule has 0 saturated heterocycles. The Morgan fingerprint density at radius 2 is 1.55 bits per heavy atom. The molecule has 0 bridgehead atoms. The van der Waals surface area contributed by atoms with E-state index < -0.39 is 0 Å². The van der Waals surface area contributed by atoms with Gasteiger partial charge in [0, 0.05) is 28.9 Å². The molecule has 0 atom stereocenters. The van der Waals surface area contributed by atoms with Gasteiger partial charge in [0.1, 0.15) is 18.0 Å². The van der Waals surface area contributed by atoms with Crippen molar-refractivity contribution in [1.82, 2.24) is 9.80 Å². The van der Waals surface area contributed by atoms with E-state index >= 15 is 0 Å². The minimum atomic E-state index is -0.242. The van der Waals surface area contributed by atoms with Gasteiger partial charge in [0.2, 0.25) is 5.91 Å². The Morgan fingerprint density at radius 3 is 2.17 bits per heavy atom. The van der Waals surface area contributed by atoms with Gasteiger partial charge >= 0.3 is 0 Å². The van der Waals surface area contributed by atoms with Crippen LogP contribution in [0.2, 0.25) is 0 Å². The highest BCUT2D eigenvalue weighted by Crippen LogP contribution is 2.28. The Balaban J connectivity index is 1.83. The monoisotopic (exact) mass is 568 g/mol. The Kier molecular flexibility index (Phi) is 11.7. The predicted molar refractivity (Wildman–Crippen MR) is 158 cm³/mol. The van der Waals surface area contributed by atoms with Crippen LogP contribution in [0.25, 0.3) is 0 Å². The Bertz CT molecular complexity index is 1270. The van der Waals surface area contributed by atoms with Crippen LogP contribution < -0.4 is 18.9 Å². The zero-order chi connectivity index (χ0) is 29.1. The lowest BCUT2D eigenvalue weighted by atomic mass is 10.1. The summed E-state index contributed by atoms with van der Waals surface area (Å²) in [6.45, 7) is 5.53. The lowest BCUT2D eigenvalue weighted by Gasteiger charge is -2.28. The summed E-state index contributed by atoms with van der Waals surface area (Å²) in [6.07, 6.45) is 2.31. The molecule has 0 aliphatic heterocycles. The molecule has 2 amide bonds. The van der Waals surface area contributed by atoms with Crippen LogP contribution in [0.4, 0.5) is 0 Å². The summed E-state index contributed by atoms with van der Waals surface area (Å²) in [5.74, 6) is 1.97. The molecule has 0 N–H and O–H groups in total. The van der Waals surface area contributed by atoms with Crippen LogP contribution in [0.1, 0.15) is 45.4 Å². The van der Waals surface area contributed by atoms with E-state index in [1.807, 2.05) is 23.1 Å². The maximum Gasteiger partial charge on any atom is 0.258 e. The standard InChI is InChI=1S/C31H40N2O6S/c1-7-8-16-33(31(35)26-13-11-24(36-3)19-28(26)38-5)21-30(34)32(20-25-12-9-22(2)40-25)17-15-23-10-14-27(37-4)29(18-23)39-6/h9-14,18-19H,7-8,15-17,20-21H2,1-6H3. The summed E-state index contributed by atoms with van der Waals surface area (Å²) in [5.41, 5.74) is 1.43. The number of rotatable bonds is 15. The Hall–Kier alpha value is -3.72. The average Bonchev–Trinajstić information content (AvgIpc) is 3.40. The average molecular weight is 569 g/mol. The molecular formula is C31H40N2O6S. The van der Waals surface area contributed by atoms with Gasteiger partial charge in [-0.3, -0.25) is 9.59 Å². The molecule has 3 rings (SSSR count). The van der Waals surface area contributed by atoms with Gasteiger partial charge in [-0.25, -0.2) is 0 Å². The molecule has 9 heteroatoms. The van der Waals surface area contributed by atoms with E-state index in [2.05, 4.69) is 26.0 Å². The van der Waals surface area contributed by atoms with Crippen molar-refractivity contribution in [2.24, 2.45) is 0 Å². The van der Waals surface area contributed by atoms with Crippen molar-refractivity contribution in [2.45, 2.75) is 39.7 Å². The molecule has 0 fully saturated rings. The number of hydrogen-bond acceptors (Lipinski definition) is 7. The number of hydrogen-bond donors (Lipinski definition) is 0. The van der Waals surface area contributed by atoms with Crippen molar-refractivity contribution in [3.8, 4) is 23.0 Å². The minimum absolute atomic E-state index is 0.0235. The van der Waals surface area contributed by atoms with E-state index in [9.17, 15) is 9.59 Å². The van der Waals surface area contributed by atoms with Crippen molar-refractivity contribution in [3.63, 3.8) is 0 Å². The fourth-order valence-electron chi connectivity index (χ4n) is 4.36. The molecule has 3 aromatic rings. The number of aryl methyl sites for hydroxylation is 1. The first-order valence-corrected chi connectivity index (χ1v) is 14.2. The van der Waals surface area contributed by atoms with Crippen molar-refractivity contribution in [2.75, 3.05) is 48.1 Å². The lowest BCUT2D eigenvalue weighted by molar-refractivity contribution is -0.132. The van der Waals surface area contributed by atoms with Crippen LogP contribution in [-0.4, -0.2) is 69.7 Å². The fourth-order valence-corrected chi connectivity index (χ4v) is 5.27. The summed E-state index contributed by atoms with van der Waals surface area (Å²) in [4.78, 5) is 33.2. The van der Waals surface area contributed by atoms with Gasteiger partial charge in [-0.15, -0.1) is 11.3 Å². The van der Waals surface area contributed by atoms with Gasteiger partial charge in [-0.2, -0.15) is 0 Å². The van der Waals surface area contributed by atoms with Gasteiger partial charge in [0.05, 0.1) is 40.5 Å². The molecule has 0 saturated carbocycles. The molecule has 1 heterocycles. The molecule has 216 valence electrons. The lowest BCUT2D eigenvalue weighted by Crippen LogP contribution is -2.43. The van der Waals surface area contributed by atoms with E-state index in [0.717, 1.165) is 23.3 Å². The van der Waals surface area contributed by atoms with Crippen LogP contribution >= 0.6 is 11.3 Å². The quantitative estimate of drug-likeness (QED) is 0.237. The number of thiophene rings is 1. The minimum Gasteiger partial charge on any atom is -0.497 e. The highest BCUT2D eigenvalue weighted by Gasteiger charge is 2.25. The summed E-state index contributed by atoms with van der Waals surface area (Å²) < 4.78 is 21.6. The first-order chi connectivity index (χ1) is 19.3. The normalized spacial score (nSPS) is 10.7. The van der Waals surface area contributed by atoms with Crippen LogP contribution in [0.5, 0.6) is 23.0 Å². The molecule has 8 nitrogen and oxygen atoms in total. The molecule has 0 radical (unpaired) electrons. The summed E-state index contributed by atoms with van der Waals surface area (Å²) in [5, 5.41) is 0. The molecule has 0 spiro atoms. The highest BCUT2D eigenvalue weighted by molar-refractivity contribution is 7.11. The number of carbonyl (C=O) groups excluding carboxylic acids is 2. The van der Waals surface area contributed by atoms with Gasteiger partial charge < -0.3 is 28.7 Å². The number of nitrogens with zero attached hydrogens (tertiary/aromatic N) is 2. The first-order valence-electron chi connectivity index (χ1n) is 13.4. The maximum absolute atomic E-state index is 13.8. The Morgan fingerprint density at radius 1 is 0.800 bits per heavy atom. The van der Waals surface area contributed by atoms with Gasteiger partial charge in [-0.1, -0.05) is 19.4 Å². The number of ether oxygens (including phenoxy) is 4. The highest BCUT2D eigenvalue weighted by atomic mass is 32.1. The zero-order valence-electron chi connectivity index (χ0n) is 24.3. The second kappa shape index (κ2) is 15.2. The second-order valence-corrected chi connectivity index (χ2v) is 10.8. The van der Waals surface area contributed by atoms with Gasteiger partial charge in [0.15, 0.2) is 11.5 Å². The van der Waals surface area contributed by atoms with Crippen molar-refractivity contribution < 1.29 is 28.5 Å². The third kappa shape index (κ3) is 8.14. The predicted octanol–water partition coefficient (Wildman–Crippen LogP) is 5.60. The van der Waals surface area contributed by atoms with Crippen LogP contribution in [0, 0.1) is 6.92 Å². The number of amides is 2. The number of unbranched alkanes of at least 4 members (excludes halogenated alkanes) is 1. The Labute approximate surface area is 241 Å². The van der Waals surface area contributed by atoms with Gasteiger partial charge in [-0.05, 0) is 61.7 Å². The first kappa shape index (κ1) is 30.8. The van der Waals surface area contributed by atoms with Gasteiger partial charge in [0.25, 0.3) is 5.91 Å². The van der Waals surface area contributed by atoms with Crippen LogP contribution in [0.3, 0.4) is 0 Å². The molecule has 40 heavy (non-hydrogen) atoms.